The van der Waals surface area contributed by atoms with E-state index in [9.17, 15) is 14.7 Å². The summed E-state index contributed by atoms with van der Waals surface area (Å²) < 4.78 is 0. The number of nitrogens with zero attached hydrogens (tertiary/aromatic N) is 1. The summed E-state index contributed by atoms with van der Waals surface area (Å²) in [5, 5.41) is 15.3. The monoisotopic (exact) mass is 405 g/mol. The number of amides is 2. The van der Waals surface area contributed by atoms with Crippen LogP contribution in [0.25, 0.3) is 5.57 Å². The first-order chi connectivity index (χ1) is 14.6. The van der Waals surface area contributed by atoms with Crippen molar-refractivity contribution in [2.24, 2.45) is 0 Å². The van der Waals surface area contributed by atoms with Crippen molar-refractivity contribution < 1.29 is 14.7 Å². The second-order valence-corrected chi connectivity index (χ2v) is 7.92. The number of carbonyl (C=O) groups is 2. The standard InChI is InChI=1S/C24H27N3O3/c28-20-9-5-17(6-10-20)18-11-14-27(15-12-18)16-13-23(29)26-22-4-2-1-3-21(22)24(30)25-19-7-8-19/h1-6,9-11,19,28H,7-8,12-16H2,(H,25,30)(H,26,29). The molecule has 6 heteroatoms. The Morgan fingerprint density at radius 2 is 1.83 bits per heavy atom. The Hall–Kier alpha value is -3.12. The molecule has 156 valence electrons. The van der Waals surface area contributed by atoms with Gasteiger partial charge in [0.2, 0.25) is 5.91 Å². The molecule has 0 radical (unpaired) electrons. The molecular formula is C24H27N3O3. The molecule has 0 aromatic heterocycles. The molecule has 0 spiro atoms. The van der Waals surface area contributed by atoms with Crippen LogP contribution in [0.5, 0.6) is 5.75 Å². The molecule has 0 unspecified atom stereocenters. The molecule has 6 nitrogen and oxygen atoms in total. The molecule has 1 aliphatic heterocycles. The third kappa shape index (κ3) is 5.27. The third-order valence-electron chi connectivity index (χ3n) is 5.54. The number of nitrogens with one attached hydrogen (secondary N) is 2. The highest BCUT2D eigenvalue weighted by atomic mass is 16.3. The Morgan fingerprint density at radius 3 is 2.53 bits per heavy atom. The van der Waals surface area contributed by atoms with Gasteiger partial charge in [0, 0.05) is 32.1 Å². The lowest BCUT2D eigenvalue weighted by atomic mass is 9.99. The van der Waals surface area contributed by atoms with Crippen molar-refractivity contribution in [1.82, 2.24) is 10.2 Å². The summed E-state index contributed by atoms with van der Waals surface area (Å²) >= 11 is 0. The fraction of sp³-hybridized carbons (Fsp3) is 0.333. The maximum Gasteiger partial charge on any atom is 0.253 e. The van der Waals surface area contributed by atoms with Gasteiger partial charge in [0.05, 0.1) is 11.3 Å². The summed E-state index contributed by atoms with van der Waals surface area (Å²) in [6, 6.07) is 14.7. The van der Waals surface area contributed by atoms with E-state index in [0.717, 1.165) is 37.9 Å². The first kappa shape index (κ1) is 20.2. The summed E-state index contributed by atoms with van der Waals surface area (Å²) in [5.41, 5.74) is 3.48. The lowest BCUT2D eigenvalue weighted by Gasteiger charge is -2.26. The van der Waals surface area contributed by atoms with Gasteiger partial charge in [0.15, 0.2) is 0 Å². The Kier molecular flexibility index (Phi) is 6.14. The largest absolute Gasteiger partial charge is 0.508 e. The molecule has 1 fully saturated rings. The number of rotatable bonds is 7. The lowest BCUT2D eigenvalue weighted by molar-refractivity contribution is -0.116. The van der Waals surface area contributed by atoms with E-state index < -0.39 is 0 Å². The molecule has 2 aliphatic rings. The molecule has 1 heterocycles. The molecule has 0 bridgehead atoms. The van der Waals surface area contributed by atoms with Gasteiger partial charge in [-0.1, -0.05) is 30.3 Å². The topological polar surface area (TPSA) is 81.7 Å². The van der Waals surface area contributed by atoms with Crippen molar-refractivity contribution in [2.45, 2.75) is 31.7 Å². The van der Waals surface area contributed by atoms with Crippen LogP contribution in [-0.2, 0) is 4.79 Å². The smallest absolute Gasteiger partial charge is 0.253 e. The van der Waals surface area contributed by atoms with Gasteiger partial charge in [-0.05, 0) is 54.7 Å². The maximum absolute atomic E-state index is 12.5. The van der Waals surface area contributed by atoms with Gasteiger partial charge in [0.25, 0.3) is 5.91 Å². The zero-order valence-electron chi connectivity index (χ0n) is 16.9. The summed E-state index contributed by atoms with van der Waals surface area (Å²) in [6.07, 6.45) is 5.53. The second kappa shape index (κ2) is 9.13. The van der Waals surface area contributed by atoms with Gasteiger partial charge >= 0.3 is 0 Å². The number of hydrogen-bond donors (Lipinski definition) is 3. The van der Waals surface area contributed by atoms with Gasteiger partial charge in [-0.25, -0.2) is 0 Å². The SMILES string of the molecule is O=C(CCN1CC=C(c2ccc(O)cc2)CC1)Nc1ccccc1C(=O)NC1CC1. The van der Waals surface area contributed by atoms with E-state index in [1.165, 1.54) is 5.57 Å². The Morgan fingerprint density at radius 1 is 1.07 bits per heavy atom. The normalized spacial score (nSPS) is 16.6. The average Bonchev–Trinajstić information content (AvgIpc) is 3.57. The Bertz CT molecular complexity index is 948. The minimum Gasteiger partial charge on any atom is -0.508 e. The summed E-state index contributed by atoms with van der Waals surface area (Å²) in [6.45, 7) is 2.35. The molecule has 4 rings (SSSR count). The van der Waals surface area contributed by atoms with Crippen LogP contribution < -0.4 is 10.6 Å². The summed E-state index contributed by atoms with van der Waals surface area (Å²) in [5.74, 6) is 0.0562. The predicted molar refractivity (Wildman–Crippen MR) is 117 cm³/mol. The predicted octanol–water partition coefficient (Wildman–Crippen LogP) is 3.40. The number of para-hydroxylation sites is 1. The Balaban J connectivity index is 1.27. The van der Waals surface area contributed by atoms with Crippen LogP contribution >= 0.6 is 0 Å². The van der Waals surface area contributed by atoms with Crippen LogP contribution in [0.15, 0.2) is 54.6 Å². The molecule has 1 saturated carbocycles. The summed E-state index contributed by atoms with van der Waals surface area (Å²) in [4.78, 5) is 27.1. The highest BCUT2D eigenvalue weighted by molar-refractivity contribution is 6.03. The van der Waals surface area contributed by atoms with E-state index in [0.29, 0.717) is 24.2 Å². The molecule has 2 aromatic carbocycles. The van der Waals surface area contributed by atoms with Gasteiger partial charge in [-0.3, -0.25) is 14.5 Å². The van der Waals surface area contributed by atoms with Crippen LogP contribution in [-0.4, -0.2) is 47.5 Å². The van der Waals surface area contributed by atoms with Crippen LogP contribution in [0.2, 0.25) is 0 Å². The van der Waals surface area contributed by atoms with Crippen molar-refractivity contribution in [3.8, 4) is 5.75 Å². The number of phenols is 1. The van der Waals surface area contributed by atoms with Crippen LogP contribution in [0.3, 0.4) is 0 Å². The van der Waals surface area contributed by atoms with E-state index >= 15 is 0 Å². The number of hydrogen-bond acceptors (Lipinski definition) is 4. The Labute approximate surface area is 176 Å². The molecule has 30 heavy (non-hydrogen) atoms. The highest BCUT2D eigenvalue weighted by Crippen LogP contribution is 2.24. The molecule has 0 saturated heterocycles. The molecule has 1 aliphatic carbocycles. The van der Waals surface area contributed by atoms with Crippen LogP contribution in [0.1, 0.15) is 41.6 Å². The van der Waals surface area contributed by atoms with Crippen molar-refractivity contribution in [3.63, 3.8) is 0 Å². The molecular weight excluding hydrogens is 378 g/mol. The first-order valence-corrected chi connectivity index (χ1v) is 10.5. The van der Waals surface area contributed by atoms with Gasteiger partial charge < -0.3 is 15.7 Å². The van der Waals surface area contributed by atoms with E-state index in [1.807, 2.05) is 24.3 Å². The number of phenolic OH excluding ortho intramolecular Hbond substituents is 1. The lowest BCUT2D eigenvalue weighted by Crippen LogP contribution is -2.32. The third-order valence-corrected chi connectivity index (χ3v) is 5.54. The fourth-order valence-electron chi connectivity index (χ4n) is 3.61. The van der Waals surface area contributed by atoms with E-state index in [4.69, 9.17) is 0 Å². The number of carbonyl (C=O) groups excluding carboxylic acids is 2. The zero-order valence-corrected chi connectivity index (χ0v) is 16.9. The zero-order chi connectivity index (χ0) is 20.9. The van der Waals surface area contributed by atoms with E-state index in [2.05, 4.69) is 21.6 Å². The highest BCUT2D eigenvalue weighted by Gasteiger charge is 2.25. The quantitative estimate of drug-likeness (QED) is 0.659. The van der Waals surface area contributed by atoms with Gasteiger partial charge in [-0.15, -0.1) is 0 Å². The second-order valence-electron chi connectivity index (χ2n) is 7.92. The number of anilines is 1. The minimum absolute atomic E-state index is 0.0880. The van der Waals surface area contributed by atoms with Crippen LogP contribution in [0, 0.1) is 0 Å². The number of aromatic hydroxyl groups is 1. The maximum atomic E-state index is 12.5. The van der Waals surface area contributed by atoms with Crippen molar-refractivity contribution in [3.05, 3.63) is 65.7 Å². The minimum atomic E-state index is -0.128. The molecule has 2 amide bonds. The molecule has 2 aromatic rings. The number of benzene rings is 2. The fourth-order valence-corrected chi connectivity index (χ4v) is 3.61. The van der Waals surface area contributed by atoms with Crippen molar-refractivity contribution in [1.29, 1.82) is 0 Å². The van der Waals surface area contributed by atoms with E-state index in [1.54, 1.807) is 24.3 Å². The first-order valence-electron chi connectivity index (χ1n) is 10.5. The molecule has 0 atom stereocenters. The van der Waals surface area contributed by atoms with Crippen LogP contribution in [0.4, 0.5) is 5.69 Å². The van der Waals surface area contributed by atoms with E-state index in [-0.39, 0.29) is 23.6 Å². The van der Waals surface area contributed by atoms with Crippen molar-refractivity contribution in [2.75, 3.05) is 25.0 Å². The average molecular weight is 405 g/mol. The van der Waals surface area contributed by atoms with Gasteiger partial charge in [-0.2, -0.15) is 0 Å². The van der Waals surface area contributed by atoms with Crippen molar-refractivity contribution >= 4 is 23.1 Å². The molecule has 3 N–H and O–H groups in total. The van der Waals surface area contributed by atoms with Gasteiger partial charge in [0.1, 0.15) is 5.75 Å². The summed E-state index contributed by atoms with van der Waals surface area (Å²) in [7, 11) is 0.